The first-order valence-electron chi connectivity index (χ1n) is 10.1. The van der Waals surface area contributed by atoms with Crippen molar-refractivity contribution >= 4 is 23.8 Å². The predicted octanol–water partition coefficient (Wildman–Crippen LogP) is 3.19. The van der Waals surface area contributed by atoms with Gasteiger partial charge in [-0.15, -0.1) is 0 Å². The summed E-state index contributed by atoms with van der Waals surface area (Å²) in [5.41, 5.74) is 4.61. The van der Waals surface area contributed by atoms with Crippen LogP contribution in [0.5, 0.6) is 11.5 Å². The number of carbonyl (C=O) groups is 1. The van der Waals surface area contributed by atoms with Gasteiger partial charge in [-0.3, -0.25) is 14.6 Å². The number of anilines is 2. The van der Waals surface area contributed by atoms with Crippen LogP contribution in [0.3, 0.4) is 0 Å². The molecule has 3 aromatic rings. The number of methoxy groups -OCH3 is 1. The molecular weight excluding hydrogens is 410 g/mol. The zero-order valence-electron chi connectivity index (χ0n) is 17.9. The molecular formula is C23H25N5O4. The van der Waals surface area contributed by atoms with E-state index in [0.717, 1.165) is 12.0 Å². The third-order valence-electron chi connectivity index (χ3n) is 4.29. The Balaban J connectivity index is 1.60. The highest BCUT2D eigenvalue weighted by atomic mass is 16.5. The number of rotatable bonds is 10. The van der Waals surface area contributed by atoms with E-state index >= 15 is 0 Å². The van der Waals surface area contributed by atoms with Crippen LogP contribution >= 0.6 is 0 Å². The van der Waals surface area contributed by atoms with Crippen molar-refractivity contribution in [1.29, 1.82) is 0 Å². The largest absolute Gasteiger partial charge is 0.493 e. The quantitative estimate of drug-likeness (QED) is 0.333. The Morgan fingerprint density at radius 1 is 1.16 bits per heavy atom. The summed E-state index contributed by atoms with van der Waals surface area (Å²) in [6, 6.07) is 15.8. The first-order valence-corrected chi connectivity index (χ1v) is 10.1. The summed E-state index contributed by atoms with van der Waals surface area (Å²) in [7, 11) is 1.51. The van der Waals surface area contributed by atoms with E-state index in [4.69, 9.17) is 9.47 Å². The lowest BCUT2D eigenvalue weighted by Gasteiger charge is -2.11. The normalized spacial score (nSPS) is 10.7. The minimum atomic E-state index is -0.278. The highest BCUT2D eigenvalue weighted by Gasteiger charge is 2.09. The summed E-state index contributed by atoms with van der Waals surface area (Å²) in [4.78, 5) is 30.7. The van der Waals surface area contributed by atoms with E-state index in [9.17, 15) is 9.59 Å². The van der Waals surface area contributed by atoms with Gasteiger partial charge in [0.25, 0.3) is 11.5 Å². The van der Waals surface area contributed by atoms with Crippen LogP contribution in [0.1, 0.15) is 24.6 Å². The Kier molecular flexibility index (Phi) is 7.96. The summed E-state index contributed by atoms with van der Waals surface area (Å²) >= 11 is 0. The zero-order valence-corrected chi connectivity index (χ0v) is 17.9. The highest BCUT2D eigenvalue weighted by Crippen LogP contribution is 2.27. The van der Waals surface area contributed by atoms with Crippen LogP contribution in [-0.2, 0) is 11.2 Å². The SMILES string of the molecule is CCCc1cc(=O)[nH]c(N/N=C/c2ccc(OCC(=O)Nc3ccccc3)c(OC)c2)n1. The third kappa shape index (κ3) is 6.69. The lowest BCUT2D eigenvalue weighted by molar-refractivity contribution is -0.118. The molecule has 0 unspecified atom stereocenters. The van der Waals surface area contributed by atoms with E-state index < -0.39 is 0 Å². The van der Waals surface area contributed by atoms with Crippen molar-refractivity contribution in [3.05, 3.63) is 76.2 Å². The van der Waals surface area contributed by atoms with E-state index in [2.05, 4.69) is 25.8 Å². The molecule has 9 heteroatoms. The monoisotopic (exact) mass is 435 g/mol. The van der Waals surface area contributed by atoms with Gasteiger partial charge in [0.05, 0.1) is 13.3 Å². The smallest absolute Gasteiger partial charge is 0.262 e. The van der Waals surface area contributed by atoms with Crippen molar-refractivity contribution in [2.75, 3.05) is 24.5 Å². The number of aromatic amines is 1. The summed E-state index contributed by atoms with van der Waals surface area (Å²) in [5.74, 6) is 0.880. The molecule has 0 aliphatic carbocycles. The van der Waals surface area contributed by atoms with E-state index in [1.807, 2.05) is 25.1 Å². The van der Waals surface area contributed by atoms with E-state index in [-0.39, 0.29) is 24.0 Å². The van der Waals surface area contributed by atoms with Gasteiger partial charge >= 0.3 is 0 Å². The van der Waals surface area contributed by atoms with Gasteiger partial charge in [-0.25, -0.2) is 10.4 Å². The van der Waals surface area contributed by atoms with Gasteiger partial charge in [0.15, 0.2) is 18.1 Å². The summed E-state index contributed by atoms with van der Waals surface area (Å²) in [6.07, 6.45) is 3.16. The Morgan fingerprint density at radius 3 is 2.72 bits per heavy atom. The second kappa shape index (κ2) is 11.3. The number of amides is 1. The fourth-order valence-corrected chi connectivity index (χ4v) is 2.86. The number of benzene rings is 2. The lowest BCUT2D eigenvalue weighted by Crippen LogP contribution is -2.20. The van der Waals surface area contributed by atoms with Gasteiger partial charge < -0.3 is 14.8 Å². The fraction of sp³-hybridized carbons (Fsp3) is 0.217. The molecule has 0 aliphatic heterocycles. The molecule has 0 bridgehead atoms. The van der Waals surface area contributed by atoms with Gasteiger partial charge in [0.1, 0.15) is 0 Å². The fourth-order valence-electron chi connectivity index (χ4n) is 2.86. The molecule has 0 saturated heterocycles. The van der Waals surface area contributed by atoms with E-state index in [1.165, 1.54) is 13.2 Å². The third-order valence-corrected chi connectivity index (χ3v) is 4.29. The Bertz CT molecular complexity index is 1130. The lowest BCUT2D eigenvalue weighted by atomic mass is 10.2. The average Bonchev–Trinajstić information content (AvgIpc) is 2.78. The van der Waals surface area contributed by atoms with Gasteiger partial charge in [0, 0.05) is 17.4 Å². The van der Waals surface area contributed by atoms with Crippen molar-refractivity contribution in [2.24, 2.45) is 5.10 Å². The van der Waals surface area contributed by atoms with Crippen molar-refractivity contribution in [3.8, 4) is 11.5 Å². The molecule has 32 heavy (non-hydrogen) atoms. The minimum absolute atomic E-state index is 0.159. The summed E-state index contributed by atoms with van der Waals surface area (Å²) in [6.45, 7) is 1.86. The zero-order chi connectivity index (χ0) is 22.8. The number of nitrogens with zero attached hydrogens (tertiary/aromatic N) is 2. The number of hydrogen-bond donors (Lipinski definition) is 3. The van der Waals surface area contributed by atoms with Crippen LogP contribution in [0.25, 0.3) is 0 Å². The maximum Gasteiger partial charge on any atom is 0.262 e. The number of nitrogens with one attached hydrogen (secondary N) is 3. The first kappa shape index (κ1) is 22.5. The molecule has 0 atom stereocenters. The highest BCUT2D eigenvalue weighted by molar-refractivity contribution is 5.91. The number of hydrazone groups is 1. The number of carbonyl (C=O) groups excluding carboxylic acids is 1. The van der Waals surface area contributed by atoms with Crippen LogP contribution in [0.15, 0.2) is 64.5 Å². The molecule has 0 spiro atoms. The number of aromatic nitrogens is 2. The maximum absolute atomic E-state index is 12.1. The molecule has 1 aromatic heterocycles. The van der Waals surface area contributed by atoms with E-state index in [0.29, 0.717) is 29.3 Å². The molecule has 166 valence electrons. The predicted molar refractivity (Wildman–Crippen MR) is 124 cm³/mol. The molecule has 0 saturated carbocycles. The summed E-state index contributed by atoms with van der Waals surface area (Å²) in [5, 5.41) is 6.87. The molecule has 0 radical (unpaired) electrons. The van der Waals surface area contributed by atoms with Crippen molar-refractivity contribution in [1.82, 2.24) is 9.97 Å². The van der Waals surface area contributed by atoms with Crippen molar-refractivity contribution in [2.45, 2.75) is 19.8 Å². The number of ether oxygens (including phenoxy) is 2. The topological polar surface area (TPSA) is 118 Å². The molecule has 1 amide bonds. The van der Waals surface area contributed by atoms with Crippen molar-refractivity contribution < 1.29 is 14.3 Å². The van der Waals surface area contributed by atoms with Gasteiger partial charge in [-0.05, 0) is 42.3 Å². The number of hydrogen-bond acceptors (Lipinski definition) is 7. The van der Waals surface area contributed by atoms with Crippen molar-refractivity contribution in [3.63, 3.8) is 0 Å². The Labute approximate surface area is 185 Å². The molecule has 0 fully saturated rings. The first-order chi connectivity index (χ1) is 15.6. The van der Waals surface area contributed by atoms with Crippen LogP contribution in [0, 0.1) is 0 Å². The van der Waals surface area contributed by atoms with Crippen LogP contribution in [-0.4, -0.2) is 35.8 Å². The van der Waals surface area contributed by atoms with Crippen LogP contribution in [0.2, 0.25) is 0 Å². The Morgan fingerprint density at radius 2 is 1.97 bits per heavy atom. The van der Waals surface area contributed by atoms with Crippen LogP contribution < -0.4 is 25.8 Å². The number of H-pyrrole nitrogens is 1. The molecule has 3 rings (SSSR count). The second-order valence-electron chi connectivity index (χ2n) is 6.82. The van der Waals surface area contributed by atoms with Gasteiger partial charge in [-0.1, -0.05) is 31.5 Å². The van der Waals surface area contributed by atoms with E-state index in [1.54, 1.807) is 36.5 Å². The Hall–Kier alpha value is -4.14. The standard InChI is InChI=1S/C23H25N5O4/c1-3-7-18-13-21(29)27-23(26-18)28-24-14-16-10-11-19(20(12-16)31-2)32-15-22(30)25-17-8-5-4-6-9-17/h4-6,8-14H,3,7,15H2,1-2H3,(H,25,30)(H2,26,27,28,29)/b24-14+. The van der Waals surface area contributed by atoms with Gasteiger partial charge in [-0.2, -0.15) is 5.10 Å². The minimum Gasteiger partial charge on any atom is -0.493 e. The molecule has 3 N–H and O–H groups in total. The molecule has 0 aliphatic rings. The molecule has 2 aromatic carbocycles. The van der Waals surface area contributed by atoms with Crippen LogP contribution in [0.4, 0.5) is 11.6 Å². The summed E-state index contributed by atoms with van der Waals surface area (Å²) < 4.78 is 11.0. The number of aryl methyl sites for hydroxylation is 1. The van der Waals surface area contributed by atoms with Gasteiger partial charge in [0.2, 0.25) is 5.95 Å². The molecule has 1 heterocycles. The molecule has 9 nitrogen and oxygen atoms in total. The number of para-hydroxylation sites is 1. The average molecular weight is 435 g/mol. The maximum atomic E-state index is 12.1. The second-order valence-corrected chi connectivity index (χ2v) is 6.82.